The van der Waals surface area contributed by atoms with Crippen LogP contribution in [0.3, 0.4) is 0 Å². The molecule has 29 nitrogen and oxygen atoms in total. The van der Waals surface area contributed by atoms with E-state index in [1.165, 1.54) is 31.5 Å². The molecule has 4 amide bonds. The van der Waals surface area contributed by atoms with Crippen molar-refractivity contribution in [1.29, 1.82) is 0 Å². The average molecular weight is 1870 g/mol. The first-order valence-electron chi connectivity index (χ1n) is 47.6. The van der Waals surface area contributed by atoms with Crippen LogP contribution < -0.4 is 28.4 Å². The van der Waals surface area contributed by atoms with E-state index in [9.17, 15) is 57.5 Å². The van der Waals surface area contributed by atoms with Crippen LogP contribution in [-0.4, -0.2) is 252 Å². The SMILES string of the molecule is O=C1CCC(N2Cc3c(OCc4ccc(CN5CCOCC5)c(Cl)c4)cccc3C2=O)C(=O)C1.O=C1CCC(N2Cc3c(OCc4ccc(OCCN5CCCC5)cc4)cccc3C2=O)C(=O)C1.O=C1CCC(N2Cc3c(OCc4ccc(OCCN5CCOCC5)cc4)cccc3C2=O)C(=O)C1.O=C1CCC(N2Cc3c(OCc4cccc(CN5CCOCC5)c4)cccc3C2=O)C(=O)C1. The summed E-state index contributed by atoms with van der Waals surface area (Å²) in [6.07, 6.45) is 5.21. The molecule has 4 atom stereocenters. The van der Waals surface area contributed by atoms with Crippen LogP contribution in [0.25, 0.3) is 0 Å². The standard InChI is InChI=1S/C27H30N2O6.C27H30N2O5.C26H27ClN2O5.C26H28N2O5/c30-20-6-9-24(25(31)16-20)29-17-23-22(27(29)32)2-1-3-26(23)35-18-19-4-7-21(8-5-19)34-15-12-28-10-13-33-14-11-28;30-20-8-11-24(25(31)16-20)29-17-23-22(27(29)32)4-3-5-26(23)34-18-19-6-9-21(10-7-19)33-15-14-28-12-1-2-13-28;27-22-12-17(4-5-18(22)14-28-8-10-33-11-9-28)16-34-25-3-1-2-20-21(25)15-29(26(20)32)23-7-6-19(30)13-24(23)31;29-20-7-8-23(24(30)14-20)28-16-22-21(26(28)31)5-2-6-25(22)33-17-19-4-1-3-18(13-19)15-27-9-11-32-12-10-27/h1-5,7-8,24H,6,9-18H2;3-7,9-10,24H,1-2,8,11-18H2;1-5,12,23H,6-11,13-16H2;1-6,13,23H,7-12,14-17H2. The van der Waals surface area contributed by atoms with Gasteiger partial charge in [-0.1, -0.05) is 96.5 Å². The van der Waals surface area contributed by atoms with E-state index in [1.54, 1.807) is 62.1 Å². The van der Waals surface area contributed by atoms with Gasteiger partial charge in [0.05, 0.1) is 116 Å². The number of carbonyl (C=O) groups excluding carboxylic acids is 12. The van der Waals surface area contributed by atoms with Crippen molar-refractivity contribution in [3.8, 4) is 34.5 Å². The first-order chi connectivity index (χ1) is 66.2. The summed E-state index contributed by atoms with van der Waals surface area (Å²) in [6, 6.07) is 49.7. The lowest BCUT2D eigenvalue weighted by Crippen LogP contribution is -2.44. The fraction of sp³-hybridized carbons (Fsp3) is 0.434. The number of ether oxygens (including phenoxy) is 9. The summed E-state index contributed by atoms with van der Waals surface area (Å²) in [6.45, 7) is 20.1. The summed E-state index contributed by atoms with van der Waals surface area (Å²) in [5, 5.41) is 0.706. The van der Waals surface area contributed by atoms with Crippen molar-refractivity contribution in [2.45, 2.75) is 180 Å². The summed E-state index contributed by atoms with van der Waals surface area (Å²) in [5.74, 6) is 2.73. The van der Waals surface area contributed by atoms with Gasteiger partial charge in [0.2, 0.25) is 0 Å². The summed E-state index contributed by atoms with van der Waals surface area (Å²) in [5.41, 5.74) is 11.8. The maximum atomic E-state index is 13.0. The third-order valence-electron chi connectivity index (χ3n) is 27.3. The molecular weight excluding hydrogens is 1760 g/mol. The van der Waals surface area contributed by atoms with Gasteiger partial charge in [-0.05, 0) is 164 Å². The number of fused-ring (bicyclic) bond motifs is 4. The van der Waals surface area contributed by atoms with Gasteiger partial charge in [-0.3, -0.25) is 77.1 Å². The fourth-order valence-electron chi connectivity index (χ4n) is 19.7. The third-order valence-corrected chi connectivity index (χ3v) is 27.6. The lowest BCUT2D eigenvalue weighted by molar-refractivity contribution is -0.134. The molecule has 0 radical (unpaired) electrons. The molecule has 4 saturated carbocycles. The molecule has 8 heterocycles. The number of halogens is 1. The molecule has 4 unspecified atom stereocenters. The molecule has 8 fully saturated rings. The first-order valence-corrected chi connectivity index (χ1v) is 47.9. The Bertz CT molecular complexity index is 5770. The second kappa shape index (κ2) is 45.2. The van der Waals surface area contributed by atoms with E-state index in [1.807, 2.05) is 109 Å². The third kappa shape index (κ3) is 23.7. The van der Waals surface area contributed by atoms with Gasteiger partial charge in [-0.25, -0.2) is 0 Å². The van der Waals surface area contributed by atoms with Crippen LogP contribution in [-0.2, 0) is 118 Å². The molecule has 0 aromatic heterocycles. The van der Waals surface area contributed by atoms with E-state index < -0.39 is 24.2 Å². The number of rotatable bonds is 28. The van der Waals surface area contributed by atoms with E-state index in [2.05, 4.69) is 31.7 Å². The minimum atomic E-state index is -0.539. The Hall–Kier alpha value is -12.2. The van der Waals surface area contributed by atoms with Gasteiger partial charge >= 0.3 is 0 Å². The maximum Gasteiger partial charge on any atom is 0.255 e. The Kier molecular flexibility index (Phi) is 31.7. The summed E-state index contributed by atoms with van der Waals surface area (Å²) in [4.78, 5) is 164. The van der Waals surface area contributed by atoms with Crippen LogP contribution in [0.2, 0.25) is 5.02 Å². The molecule has 8 aromatic carbocycles. The number of amides is 4. The molecule has 0 N–H and O–H groups in total. The Balaban J connectivity index is 0.000000126. The van der Waals surface area contributed by atoms with Crippen molar-refractivity contribution < 1.29 is 100 Å². The number of ketones is 8. The smallest absolute Gasteiger partial charge is 0.255 e. The molecule has 8 aromatic rings. The number of carbonyl (C=O) groups is 12. The van der Waals surface area contributed by atoms with Gasteiger partial charge in [0.1, 0.15) is 97.3 Å². The first kappa shape index (κ1) is 95.5. The molecular formula is C106H115ClN8O21. The number of hydrogen-bond donors (Lipinski definition) is 0. The number of hydrogen-bond acceptors (Lipinski definition) is 25. The highest BCUT2D eigenvalue weighted by Gasteiger charge is 2.45. The number of likely N-dealkylation sites (tertiary alicyclic amines) is 1. The molecule has 4 aliphatic carbocycles. The molecule has 0 bridgehead atoms. The zero-order valence-electron chi connectivity index (χ0n) is 76.6. The quantitative estimate of drug-likeness (QED) is 0.0411. The molecule has 136 heavy (non-hydrogen) atoms. The van der Waals surface area contributed by atoms with Crippen LogP contribution in [0.1, 0.15) is 187 Å². The second-order valence-corrected chi connectivity index (χ2v) is 36.9. The summed E-state index contributed by atoms with van der Waals surface area (Å²) in [7, 11) is 0. The Morgan fingerprint density at radius 1 is 0.301 bits per heavy atom. The molecule has 0 spiro atoms. The van der Waals surface area contributed by atoms with Crippen molar-refractivity contribution in [2.75, 3.05) is 118 Å². The van der Waals surface area contributed by atoms with Crippen LogP contribution in [0.4, 0.5) is 0 Å². The molecule has 8 aliphatic heterocycles. The summed E-state index contributed by atoms with van der Waals surface area (Å²) >= 11 is 6.55. The van der Waals surface area contributed by atoms with Crippen LogP contribution in [0, 0.1) is 0 Å². The second-order valence-electron chi connectivity index (χ2n) is 36.5. The van der Waals surface area contributed by atoms with E-state index in [-0.39, 0.29) is 95.6 Å². The number of benzene rings is 8. The maximum absolute atomic E-state index is 13.0. The number of Topliss-reactive ketones (excluding diaryl/α,β-unsaturated/α-hetero) is 8. The molecule has 12 aliphatic rings. The van der Waals surface area contributed by atoms with Gasteiger partial charge in [-0.2, -0.15) is 0 Å². The Morgan fingerprint density at radius 3 is 0.949 bits per heavy atom. The van der Waals surface area contributed by atoms with E-state index in [0.717, 1.165) is 167 Å². The lowest BCUT2D eigenvalue weighted by atomic mass is 9.92. The minimum Gasteiger partial charge on any atom is -0.492 e. The van der Waals surface area contributed by atoms with Gasteiger partial charge in [-0.15, -0.1) is 0 Å². The van der Waals surface area contributed by atoms with Crippen molar-refractivity contribution >= 4 is 81.5 Å². The predicted octanol–water partition coefficient (Wildman–Crippen LogP) is 12.2. The van der Waals surface area contributed by atoms with Crippen LogP contribution in [0.5, 0.6) is 34.5 Å². The van der Waals surface area contributed by atoms with E-state index in [0.29, 0.717) is 167 Å². The lowest BCUT2D eigenvalue weighted by Gasteiger charge is -2.29. The minimum absolute atomic E-state index is 0.0414. The molecule has 20 rings (SSSR count). The number of nitrogens with zero attached hydrogens (tertiary/aromatic N) is 8. The van der Waals surface area contributed by atoms with Gasteiger partial charge in [0, 0.05) is 141 Å². The molecule has 4 saturated heterocycles. The fourth-order valence-corrected chi connectivity index (χ4v) is 19.9. The summed E-state index contributed by atoms with van der Waals surface area (Å²) < 4.78 is 52.4. The highest BCUT2D eigenvalue weighted by atomic mass is 35.5. The molecule has 712 valence electrons. The zero-order valence-corrected chi connectivity index (χ0v) is 77.4. The van der Waals surface area contributed by atoms with Crippen molar-refractivity contribution in [3.05, 3.63) is 247 Å². The predicted molar refractivity (Wildman–Crippen MR) is 500 cm³/mol. The zero-order chi connectivity index (χ0) is 94.1. The van der Waals surface area contributed by atoms with Gasteiger partial charge in [0.25, 0.3) is 23.6 Å². The normalized spacial score (nSPS) is 21.0. The van der Waals surface area contributed by atoms with Crippen LogP contribution >= 0.6 is 11.6 Å². The number of morpholine rings is 3. The highest BCUT2D eigenvalue weighted by Crippen LogP contribution is 2.41. The highest BCUT2D eigenvalue weighted by molar-refractivity contribution is 6.31. The topological polar surface area (TPSA) is 314 Å². The van der Waals surface area contributed by atoms with E-state index >= 15 is 0 Å². The largest absolute Gasteiger partial charge is 0.492 e. The van der Waals surface area contributed by atoms with Gasteiger partial charge in [0.15, 0.2) is 23.1 Å². The van der Waals surface area contributed by atoms with Crippen LogP contribution in [0.15, 0.2) is 164 Å². The van der Waals surface area contributed by atoms with Crippen molar-refractivity contribution in [1.82, 2.24) is 39.2 Å². The van der Waals surface area contributed by atoms with Crippen molar-refractivity contribution in [3.63, 3.8) is 0 Å². The van der Waals surface area contributed by atoms with E-state index in [4.69, 9.17) is 54.2 Å². The molecule has 30 heteroatoms. The average Bonchev–Trinajstić information content (AvgIpc) is 1.64. The Labute approximate surface area is 795 Å². The monoisotopic (exact) mass is 1870 g/mol. The van der Waals surface area contributed by atoms with Gasteiger partial charge < -0.3 is 62.2 Å². The van der Waals surface area contributed by atoms with Crippen molar-refractivity contribution in [2.24, 2.45) is 0 Å². The Morgan fingerprint density at radius 2 is 0.603 bits per heavy atom.